The van der Waals surface area contributed by atoms with Gasteiger partial charge in [-0.3, -0.25) is 0 Å². The highest BCUT2D eigenvalue weighted by atomic mass is 32.1. The molecule has 3 aliphatic carbocycles. The predicted molar refractivity (Wildman–Crippen MR) is 228 cm³/mol. The molecule has 3 aliphatic rings. The Morgan fingerprint density at radius 2 is 0.963 bits per heavy atom. The van der Waals surface area contributed by atoms with E-state index in [4.69, 9.17) is 4.65 Å². The second-order valence-electron chi connectivity index (χ2n) is 16.9. The van der Waals surface area contributed by atoms with E-state index in [1.165, 1.54) is 86.9 Å². The van der Waals surface area contributed by atoms with Crippen molar-refractivity contribution < 1.29 is 4.65 Å². The summed E-state index contributed by atoms with van der Waals surface area (Å²) in [5.41, 5.74) is 15.6. The largest absolute Gasteiger partial charge is 0.429 e. The van der Waals surface area contributed by atoms with Gasteiger partial charge >= 0.3 is 7.48 Å². The Morgan fingerprint density at radius 1 is 0.444 bits per heavy atom. The van der Waals surface area contributed by atoms with Crippen LogP contribution < -0.4 is 5.46 Å². The van der Waals surface area contributed by atoms with Crippen LogP contribution in [0.5, 0.6) is 0 Å². The Bertz CT molecular complexity index is 2770. The number of benzene rings is 7. The molecule has 0 aliphatic heterocycles. The minimum atomic E-state index is -0.602. The number of fused-ring (bicyclic) bond motifs is 19. The molecule has 0 bridgehead atoms. The molecule has 54 heavy (non-hydrogen) atoms. The van der Waals surface area contributed by atoms with Crippen LogP contribution in [-0.4, -0.2) is 13.1 Å². The summed E-state index contributed by atoms with van der Waals surface area (Å²) in [6.07, 6.45) is 0. The van der Waals surface area contributed by atoms with Crippen LogP contribution in [-0.2, 0) is 15.5 Å². The molecule has 7 aromatic carbocycles. The molecule has 0 saturated carbocycles. The van der Waals surface area contributed by atoms with E-state index in [9.17, 15) is 0 Å². The number of thiophene rings is 1. The van der Waals surface area contributed by atoms with E-state index in [2.05, 4.69) is 194 Å². The average molecular weight is 712 g/mol. The summed E-state index contributed by atoms with van der Waals surface area (Å²) in [6.45, 7) is 11.2. The summed E-state index contributed by atoms with van der Waals surface area (Å²) < 4.78 is 9.55. The lowest BCUT2D eigenvalue weighted by Crippen LogP contribution is -2.47. The first-order chi connectivity index (χ1) is 26.2. The van der Waals surface area contributed by atoms with Crippen molar-refractivity contribution >= 4 is 44.5 Å². The van der Waals surface area contributed by atoms with Crippen molar-refractivity contribution in [3.8, 4) is 22.3 Å². The van der Waals surface area contributed by atoms with Crippen molar-refractivity contribution in [3.05, 3.63) is 196 Å². The van der Waals surface area contributed by atoms with Gasteiger partial charge in [0.15, 0.2) is 0 Å². The number of rotatable bonds is 3. The molecule has 2 spiro atoms. The summed E-state index contributed by atoms with van der Waals surface area (Å²) in [6, 6.07) is 57.8. The van der Waals surface area contributed by atoms with Crippen LogP contribution in [0.3, 0.4) is 0 Å². The Labute approximate surface area is 322 Å². The third-order valence-electron chi connectivity index (χ3n) is 13.4. The van der Waals surface area contributed by atoms with Gasteiger partial charge in [-0.1, -0.05) is 154 Å². The maximum Gasteiger partial charge on any atom is 0.331 e. The van der Waals surface area contributed by atoms with Crippen molar-refractivity contribution in [2.24, 2.45) is 5.41 Å². The molecule has 8 aromatic rings. The van der Waals surface area contributed by atoms with Crippen molar-refractivity contribution in [2.75, 3.05) is 0 Å². The molecule has 1 radical (unpaired) electrons. The Balaban J connectivity index is 1.30. The molecule has 1 nitrogen and oxygen atoms in total. The Hall–Kier alpha value is -5.22. The maximum atomic E-state index is 6.90. The molecule has 259 valence electrons. The highest BCUT2D eigenvalue weighted by molar-refractivity contribution is 7.25. The van der Waals surface area contributed by atoms with Crippen LogP contribution in [0.15, 0.2) is 152 Å². The summed E-state index contributed by atoms with van der Waals surface area (Å²) in [7, 11) is 2.07. The summed E-state index contributed by atoms with van der Waals surface area (Å²) >= 11 is 1.90. The van der Waals surface area contributed by atoms with E-state index in [0.29, 0.717) is 0 Å². The molecule has 0 fully saturated rings. The van der Waals surface area contributed by atoms with Gasteiger partial charge in [0.25, 0.3) is 0 Å². The van der Waals surface area contributed by atoms with Crippen LogP contribution in [0.1, 0.15) is 79.1 Å². The molecule has 3 heteroatoms. The van der Waals surface area contributed by atoms with Gasteiger partial charge in [-0.2, -0.15) is 0 Å². The fourth-order valence-corrected chi connectivity index (χ4v) is 11.2. The zero-order valence-corrected chi connectivity index (χ0v) is 32.1. The lowest BCUT2D eigenvalue weighted by atomic mass is 9.51. The maximum absolute atomic E-state index is 6.90. The Morgan fingerprint density at radius 3 is 1.57 bits per heavy atom. The predicted octanol–water partition coefficient (Wildman–Crippen LogP) is 12.2. The molecular formula is C51H40BOS. The molecule has 11 rings (SSSR count). The first-order valence-electron chi connectivity index (χ1n) is 19.2. The molecule has 0 unspecified atom stereocenters. The highest BCUT2D eigenvalue weighted by Crippen LogP contribution is 2.67. The fraction of sp³-hybridized carbons (Fsp3) is 0.176. The van der Waals surface area contributed by atoms with E-state index in [0.717, 1.165) is 5.46 Å². The summed E-state index contributed by atoms with van der Waals surface area (Å²) in [5, 5.41) is 2.64. The summed E-state index contributed by atoms with van der Waals surface area (Å²) in [5.74, 6) is 0. The molecule has 0 amide bonds. The van der Waals surface area contributed by atoms with Gasteiger partial charge in [-0.25, -0.2) is 0 Å². The Kier molecular flexibility index (Phi) is 6.53. The zero-order chi connectivity index (χ0) is 36.6. The van der Waals surface area contributed by atoms with Gasteiger partial charge in [-0.15, -0.1) is 11.3 Å². The third-order valence-corrected chi connectivity index (χ3v) is 14.5. The first-order valence-corrected chi connectivity index (χ1v) is 20.0. The monoisotopic (exact) mass is 711 g/mol. The standard InChI is InChI=1S/C51H40BOS/c1-48(2,3)49(4,5)53-52-44-27-16-20-34-35-30-46-36(33-19-8-15-28-45(33)54-46)29-43(35)51(47(34)44)41-25-13-11-23-39(41)50(40-24-12-14-26-42(40)51)37-21-9-6-17-31(37)32-18-7-10-22-38(32)50/h6-30H,1-5H3. The van der Waals surface area contributed by atoms with E-state index in [1.807, 2.05) is 11.3 Å². The normalized spacial score (nSPS) is 15.5. The van der Waals surface area contributed by atoms with Crippen molar-refractivity contribution in [2.45, 2.75) is 51.0 Å². The van der Waals surface area contributed by atoms with Gasteiger partial charge in [0.2, 0.25) is 0 Å². The van der Waals surface area contributed by atoms with Crippen LogP contribution in [0.4, 0.5) is 0 Å². The SMILES string of the molecule is CC(C)(C)C(C)(C)O[B]c1cccc2c1C1(c3cc4c(cc3-2)sc2ccccc24)c2ccccc2C2(c3ccccc3-c3ccccc32)c2ccccc21. The lowest BCUT2D eigenvalue weighted by Gasteiger charge is -2.49. The lowest BCUT2D eigenvalue weighted by molar-refractivity contribution is 0.00501. The van der Waals surface area contributed by atoms with E-state index >= 15 is 0 Å². The van der Waals surface area contributed by atoms with Crippen molar-refractivity contribution in [3.63, 3.8) is 0 Å². The van der Waals surface area contributed by atoms with Crippen molar-refractivity contribution in [1.29, 1.82) is 0 Å². The number of hydrogen-bond donors (Lipinski definition) is 0. The van der Waals surface area contributed by atoms with Gasteiger partial charge in [-0.05, 0) is 110 Å². The number of hydrogen-bond acceptors (Lipinski definition) is 2. The quantitative estimate of drug-likeness (QED) is 0.166. The molecule has 0 atom stereocenters. The van der Waals surface area contributed by atoms with Crippen LogP contribution >= 0.6 is 11.3 Å². The van der Waals surface area contributed by atoms with Gasteiger partial charge in [0.05, 0.1) is 16.4 Å². The zero-order valence-electron chi connectivity index (χ0n) is 31.3. The average Bonchev–Trinajstić information content (AvgIpc) is 3.80. The van der Waals surface area contributed by atoms with Crippen LogP contribution in [0, 0.1) is 5.41 Å². The minimum Gasteiger partial charge on any atom is -0.429 e. The van der Waals surface area contributed by atoms with Gasteiger partial charge < -0.3 is 4.65 Å². The molecule has 1 aromatic heterocycles. The minimum absolute atomic E-state index is 0.0623. The van der Waals surface area contributed by atoms with E-state index in [-0.39, 0.29) is 11.0 Å². The van der Waals surface area contributed by atoms with Gasteiger partial charge in [0, 0.05) is 20.2 Å². The third kappa shape index (κ3) is 3.89. The molecule has 0 N–H and O–H groups in total. The van der Waals surface area contributed by atoms with E-state index in [1.54, 1.807) is 0 Å². The molecular weight excluding hydrogens is 671 g/mol. The van der Waals surface area contributed by atoms with Crippen LogP contribution in [0.2, 0.25) is 0 Å². The first kappa shape index (κ1) is 32.2. The van der Waals surface area contributed by atoms with E-state index < -0.39 is 10.8 Å². The highest BCUT2D eigenvalue weighted by Gasteiger charge is 2.59. The molecule has 1 heterocycles. The smallest absolute Gasteiger partial charge is 0.331 e. The van der Waals surface area contributed by atoms with Gasteiger partial charge in [0.1, 0.15) is 0 Å². The molecule has 0 saturated heterocycles. The second kappa shape index (κ2) is 10.9. The fourth-order valence-electron chi connectivity index (χ4n) is 10.1. The van der Waals surface area contributed by atoms with Crippen molar-refractivity contribution in [1.82, 2.24) is 0 Å². The summed E-state index contributed by atoms with van der Waals surface area (Å²) in [4.78, 5) is 0. The second-order valence-corrected chi connectivity index (χ2v) is 18.0. The van der Waals surface area contributed by atoms with Crippen LogP contribution in [0.25, 0.3) is 42.4 Å². The topological polar surface area (TPSA) is 9.23 Å².